The van der Waals surface area contributed by atoms with Gasteiger partial charge < -0.3 is 0 Å². The number of nitrogens with zero attached hydrogens (tertiary/aromatic N) is 1. The van der Waals surface area contributed by atoms with Gasteiger partial charge in [-0.25, -0.2) is 0 Å². The lowest BCUT2D eigenvalue weighted by Gasteiger charge is -2.20. The minimum atomic E-state index is 0.0696. The smallest absolute Gasteiger partial charge is 0.198 e. The highest BCUT2D eigenvalue weighted by atomic mass is 14.9. The first-order valence-electron chi connectivity index (χ1n) is 10.1. The van der Waals surface area contributed by atoms with E-state index in [-0.39, 0.29) is 5.41 Å². The van der Waals surface area contributed by atoms with Crippen LogP contribution in [0.25, 0.3) is 22.0 Å². The average molecular weight is 348 g/mol. The molecule has 0 aliphatic rings. The number of benzene rings is 2. The second kappa shape index (κ2) is 6.54. The van der Waals surface area contributed by atoms with E-state index >= 15 is 0 Å². The summed E-state index contributed by atoms with van der Waals surface area (Å²) in [6, 6.07) is 14.1. The van der Waals surface area contributed by atoms with Crippen molar-refractivity contribution in [2.45, 2.75) is 59.8 Å². The Kier molecular flexibility index (Phi) is 4.34. The van der Waals surface area contributed by atoms with Crippen LogP contribution >= 0.6 is 0 Å². The molecule has 26 heavy (non-hydrogen) atoms. The van der Waals surface area contributed by atoms with Gasteiger partial charge in [-0.1, -0.05) is 58.9 Å². The van der Waals surface area contributed by atoms with Gasteiger partial charge in [0, 0.05) is 18.5 Å². The molecule has 0 N–H and O–H groups in total. The fourth-order valence-electron chi connectivity index (χ4n) is 3.53. The van der Waals surface area contributed by atoms with Gasteiger partial charge in [-0.15, -0.1) is 0 Å². The second-order valence-electron chi connectivity index (χ2n) is 8.86. The van der Waals surface area contributed by atoms with Crippen molar-refractivity contribution in [1.82, 2.24) is 0 Å². The number of aryl methyl sites for hydroxylation is 1. The van der Waals surface area contributed by atoms with E-state index in [1.165, 1.54) is 27.9 Å². The molecule has 0 atom stereocenters. The van der Waals surface area contributed by atoms with Gasteiger partial charge >= 0.3 is 0 Å². The van der Waals surface area contributed by atoms with Crippen LogP contribution in [-0.2, 0) is 12.5 Å². The number of hydrogen-bond donors (Lipinski definition) is 0. The molecule has 0 saturated carbocycles. The largest absolute Gasteiger partial charge is 0.220 e. The van der Waals surface area contributed by atoms with Crippen molar-refractivity contribution in [1.29, 1.82) is 0 Å². The van der Waals surface area contributed by atoms with E-state index in [1.54, 1.807) is 0 Å². The van der Waals surface area contributed by atoms with E-state index in [0.717, 1.165) is 16.5 Å². The van der Waals surface area contributed by atoms with Crippen LogP contribution in [0.2, 0.25) is 0 Å². The molecule has 2 aromatic carbocycles. The number of pyridine rings is 1. The molecule has 1 aromatic heterocycles. The van der Waals surface area contributed by atoms with Crippen LogP contribution in [0.5, 0.6) is 0 Å². The minimum absolute atomic E-state index is 0.0696. The first kappa shape index (κ1) is 17.3. The maximum atomic E-state index is 8.73. The summed E-state index contributed by atoms with van der Waals surface area (Å²) in [4.78, 5) is 0. The summed E-state index contributed by atoms with van der Waals surface area (Å²) in [7, 11) is 2.08. The molecule has 0 amide bonds. The first-order chi connectivity index (χ1) is 12.5. The number of rotatable bonds is 2. The lowest BCUT2D eigenvalue weighted by Crippen LogP contribution is -2.35. The molecular weight excluding hydrogens is 314 g/mol. The monoisotopic (exact) mass is 347 g/mol. The summed E-state index contributed by atoms with van der Waals surface area (Å²) in [6.07, 6.45) is 0. The molecule has 0 aliphatic heterocycles. The molecular formula is C25H32N+. The Balaban J connectivity index is 2.42. The van der Waals surface area contributed by atoms with Crippen molar-refractivity contribution in [3.8, 4) is 11.3 Å². The van der Waals surface area contributed by atoms with Gasteiger partial charge in [-0.3, -0.25) is 0 Å². The molecule has 136 valence electrons. The topological polar surface area (TPSA) is 3.88 Å². The van der Waals surface area contributed by atoms with E-state index in [0.29, 0.717) is 12.0 Å². The van der Waals surface area contributed by atoms with E-state index in [1.807, 2.05) is 0 Å². The lowest BCUT2D eigenvalue weighted by atomic mass is 9.85. The van der Waals surface area contributed by atoms with Crippen molar-refractivity contribution in [2.75, 3.05) is 0 Å². The van der Waals surface area contributed by atoms with E-state index < -0.39 is 0 Å². The minimum Gasteiger partial charge on any atom is -0.198 e. The zero-order chi connectivity index (χ0) is 20.1. The number of fused-ring (bicyclic) bond motifs is 1. The Morgan fingerprint density at radius 3 is 2.31 bits per heavy atom. The Hall–Kier alpha value is -2.15. The maximum absolute atomic E-state index is 8.73. The molecule has 0 saturated heterocycles. The van der Waals surface area contributed by atoms with Crippen molar-refractivity contribution in [3.05, 3.63) is 64.8 Å². The fraction of sp³-hybridized carbons (Fsp3) is 0.400. The summed E-state index contributed by atoms with van der Waals surface area (Å²) in [5.41, 5.74) is 7.43. The normalized spacial score (nSPS) is 12.7. The van der Waals surface area contributed by atoms with E-state index in [2.05, 4.69) is 96.5 Å². The van der Waals surface area contributed by atoms with Crippen molar-refractivity contribution < 1.29 is 5.94 Å². The average Bonchev–Trinajstić information content (AvgIpc) is 2.60. The standard InChI is InChI=1S/C25H32N/c1-16(2)19-10-9-17(3)23(15-19)24-22-12-11-21(25(5,6)7)14-20(22)13-18(4)26(24)8/h9-16H,1-8H3/q+1/i13D. The molecule has 1 nitrogen and oxygen atoms in total. The maximum Gasteiger partial charge on any atom is 0.220 e. The predicted molar refractivity (Wildman–Crippen MR) is 113 cm³/mol. The Labute approximate surface area is 160 Å². The van der Waals surface area contributed by atoms with Crippen LogP contribution in [-0.4, -0.2) is 0 Å². The predicted octanol–water partition coefficient (Wildman–Crippen LogP) is 6.37. The lowest BCUT2D eigenvalue weighted by molar-refractivity contribution is -0.665. The highest BCUT2D eigenvalue weighted by molar-refractivity contribution is 5.94. The van der Waals surface area contributed by atoms with Gasteiger partial charge in [0.2, 0.25) is 5.69 Å². The number of aromatic nitrogens is 1. The Morgan fingerprint density at radius 1 is 1.00 bits per heavy atom. The molecule has 1 heteroatoms. The van der Waals surface area contributed by atoms with Gasteiger partial charge in [0.25, 0.3) is 0 Å². The third kappa shape index (κ3) is 3.28. The molecule has 0 spiro atoms. The molecule has 1 heterocycles. The van der Waals surface area contributed by atoms with Crippen LogP contribution in [0, 0.1) is 13.8 Å². The summed E-state index contributed by atoms with van der Waals surface area (Å²) in [5, 5.41) is 2.20. The third-order valence-corrected chi connectivity index (χ3v) is 5.48. The summed E-state index contributed by atoms with van der Waals surface area (Å²) in [5.74, 6) is 0.491. The first-order valence-corrected chi connectivity index (χ1v) is 9.56. The summed E-state index contributed by atoms with van der Waals surface area (Å²) in [6.45, 7) is 15.4. The van der Waals surface area contributed by atoms with E-state index in [9.17, 15) is 0 Å². The van der Waals surface area contributed by atoms with Gasteiger partial charge in [0.1, 0.15) is 7.05 Å². The van der Waals surface area contributed by atoms with Crippen molar-refractivity contribution >= 4 is 10.8 Å². The zero-order valence-corrected chi connectivity index (χ0v) is 17.5. The molecule has 3 aromatic rings. The molecule has 0 bridgehead atoms. The molecule has 3 rings (SSSR count). The zero-order valence-electron chi connectivity index (χ0n) is 18.5. The third-order valence-electron chi connectivity index (χ3n) is 5.48. The highest BCUT2D eigenvalue weighted by Crippen LogP contribution is 2.33. The van der Waals surface area contributed by atoms with Gasteiger partial charge in [0.15, 0.2) is 5.69 Å². The Morgan fingerprint density at radius 2 is 1.69 bits per heavy atom. The van der Waals surface area contributed by atoms with Crippen LogP contribution in [0.3, 0.4) is 0 Å². The van der Waals surface area contributed by atoms with Gasteiger partial charge in [-0.2, -0.15) is 4.57 Å². The van der Waals surface area contributed by atoms with E-state index in [4.69, 9.17) is 1.37 Å². The molecule has 0 unspecified atom stereocenters. The molecule has 0 fully saturated rings. The van der Waals surface area contributed by atoms with Crippen LogP contribution in [0.4, 0.5) is 0 Å². The summed E-state index contributed by atoms with van der Waals surface area (Å²) >= 11 is 0. The quantitative estimate of drug-likeness (QED) is 0.474. The molecule has 0 aliphatic carbocycles. The highest BCUT2D eigenvalue weighted by Gasteiger charge is 2.22. The summed E-state index contributed by atoms with van der Waals surface area (Å²) < 4.78 is 10.9. The van der Waals surface area contributed by atoms with Crippen LogP contribution < -0.4 is 4.57 Å². The van der Waals surface area contributed by atoms with Gasteiger partial charge in [0.05, 0.1) is 6.76 Å². The van der Waals surface area contributed by atoms with Gasteiger partial charge in [-0.05, 0) is 52.5 Å². The Bertz CT molecular complexity index is 1020. The van der Waals surface area contributed by atoms with Crippen molar-refractivity contribution in [2.24, 2.45) is 7.05 Å². The van der Waals surface area contributed by atoms with Crippen LogP contribution in [0.1, 0.15) is 64.3 Å². The fourth-order valence-corrected chi connectivity index (χ4v) is 3.53. The SMILES string of the molecule is [2H]c1c(C)[n+](C)c(-c2cc(C(C)C)ccc2C)c2ccc(C(C)(C)C)cc12. The van der Waals surface area contributed by atoms with Crippen molar-refractivity contribution in [3.63, 3.8) is 0 Å². The molecule has 0 radical (unpaired) electrons. The second-order valence-corrected chi connectivity index (χ2v) is 8.86. The number of hydrogen-bond acceptors (Lipinski definition) is 0. The van der Waals surface area contributed by atoms with Crippen LogP contribution in [0.15, 0.2) is 42.4 Å².